The summed E-state index contributed by atoms with van der Waals surface area (Å²) < 4.78 is 20.9. The van der Waals surface area contributed by atoms with E-state index in [1.54, 1.807) is 137 Å². The number of pyridine rings is 12. The lowest BCUT2D eigenvalue weighted by Gasteiger charge is -2.17. The summed E-state index contributed by atoms with van der Waals surface area (Å²) in [5, 5.41) is 42.2. The molecule has 0 spiro atoms. The summed E-state index contributed by atoms with van der Waals surface area (Å²) in [6, 6.07) is 23.6. The highest BCUT2D eigenvalue weighted by Crippen LogP contribution is 2.40. The molecule has 0 bridgehead atoms. The van der Waals surface area contributed by atoms with Gasteiger partial charge in [0.05, 0.1) is 154 Å². The van der Waals surface area contributed by atoms with Crippen LogP contribution in [0.1, 0.15) is 47.1 Å². The standard InChI is InChI=1S/C26H22N8O2.C25H20N8O2.C24H20N8O.C23H18N8O/c1-26(2,3)25(35)30-17-6-15(8-27-10-17)16-7-18-22(33-34-23(18)29-9-16)24-31-20-12-28-11-19(21(20)32-24)14-4-5-36-13-14;1-13(2)25(34)29-17-5-15(7-26-9-17)16-6-18-22(32-33-23(18)28-8-16)24-30-20-11-27-10-19(21(20)31-24)14-3-4-35-12-14;1-2-25-7-14-5-16(9-26-8-14)17-6-18-22(31-32-23(18)28-10-17)24-29-20-12-27-11-19(21(20)30-24)15-3-4-33-13-15;1-31(2)16-5-14(7-24-9-16)15-6-17-21(29-30-22(17)26-8-15)23-27-19-11-25-10-18(20(19)28-23)13-3-4-32-12-13/h4-13H,1-3H3,(H,30,35)(H,31,32)(H,29,33,34);3-13H,1-2H3,(H,29,34)(H,30,31)(H,28,32,33);3-6,8-13,25H,2,7H2,1H3,(H,29,30)(H,28,31,32);3-12H,1-2H3,(H,27,28)(H,26,29,30). The maximum Gasteiger partial charge on any atom is 0.229 e. The highest BCUT2D eigenvalue weighted by atomic mass is 16.3. The van der Waals surface area contributed by atoms with Crippen molar-refractivity contribution in [1.29, 1.82) is 0 Å². The van der Waals surface area contributed by atoms with Crippen LogP contribution in [-0.2, 0) is 16.1 Å². The maximum absolute atomic E-state index is 12.4. The van der Waals surface area contributed by atoms with E-state index in [0.29, 0.717) is 68.6 Å². The number of anilines is 3. The summed E-state index contributed by atoms with van der Waals surface area (Å²) in [5.41, 5.74) is 29.0. The van der Waals surface area contributed by atoms with Gasteiger partial charge in [-0.05, 0) is 84.9 Å². The Labute approximate surface area is 769 Å². The van der Waals surface area contributed by atoms with Gasteiger partial charge in [-0.25, -0.2) is 39.9 Å². The van der Waals surface area contributed by atoms with E-state index in [-0.39, 0.29) is 17.7 Å². The highest BCUT2D eigenvalue weighted by molar-refractivity contribution is 6.03. The SMILES string of the molecule is CC(C)(C)C(=O)Nc1cncc(-c2cnc3n[nH]c(-c4nc5c(-c6ccoc6)cncc5[nH]4)c3c2)c1.CC(C)C(=O)Nc1cncc(-c2cnc3n[nH]c(-c4nc5c(-c6ccoc6)cncc5[nH]4)c3c2)c1.CCNCc1cncc(-c2cnc3n[nH]c(-c4nc5c(-c6ccoc6)cncc5[nH]4)c3c2)c1.CN(C)c1cncc(-c2cnc3n[nH]c(-c4nc5c(-c6ccoc6)cncc5[nH]4)c3c2)c1. The normalized spacial score (nSPS) is 11.6. The number of imidazole rings is 4. The molecule has 0 atom stereocenters. The van der Waals surface area contributed by atoms with Crippen molar-refractivity contribution in [1.82, 2.24) is 146 Å². The molecule has 0 aliphatic rings. The molecule has 0 fully saturated rings. The first-order valence-corrected chi connectivity index (χ1v) is 43.0. The molecule has 0 aliphatic carbocycles. The molecular weight excluding hydrogens is 1720 g/mol. The van der Waals surface area contributed by atoms with Crippen molar-refractivity contribution in [3.05, 3.63) is 252 Å². The van der Waals surface area contributed by atoms with Crippen molar-refractivity contribution in [2.75, 3.05) is 36.2 Å². The van der Waals surface area contributed by atoms with E-state index in [2.05, 4.69) is 168 Å². The summed E-state index contributed by atoms with van der Waals surface area (Å²) in [7, 11) is 3.98. The molecule has 2 amide bonds. The second-order valence-electron chi connectivity index (χ2n) is 33.5. The van der Waals surface area contributed by atoms with Crippen molar-refractivity contribution in [2.45, 2.75) is 48.1 Å². The molecule has 668 valence electrons. The minimum absolute atomic E-state index is 0.0659. The lowest BCUT2D eigenvalue weighted by atomic mass is 9.95. The van der Waals surface area contributed by atoms with Crippen LogP contribution in [0, 0.1) is 11.3 Å². The topological polar surface area (TPSA) is 510 Å². The van der Waals surface area contributed by atoms with Gasteiger partial charge in [0.15, 0.2) is 45.9 Å². The quantitative estimate of drug-likeness (QED) is 0.0358. The Morgan fingerprint density at radius 3 is 1.01 bits per heavy atom. The maximum atomic E-state index is 12.4. The van der Waals surface area contributed by atoms with E-state index in [9.17, 15) is 9.59 Å². The zero-order valence-electron chi connectivity index (χ0n) is 73.9. The van der Waals surface area contributed by atoms with Crippen molar-refractivity contribution in [2.24, 2.45) is 11.3 Å². The Bertz CT molecular complexity index is 8500. The molecule has 38 heteroatoms. The van der Waals surface area contributed by atoms with Crippen LogP contribution < -0.4 is 20.9 Å². The number of hydrogen-bond donors (Lipinski definition) is 11. The molecule has 0 aliphatic heterocycles. The van der Waals surface area contributed by atoms with Crippen LogP contribution in [0.15, 0.2) is 265 Å². The van der Waals surface area contributed by atoms with Crippen LogP contribution in [0.5, 0.6) is 0 Å². The number of aromatic amines is 8. The van der Waals surface area contributed by atoms with Crippen LogP contribution in [-0.4, -0.2) is 173 Å². The second kappa shape index (κ2) is 35.7. The van der Waals surface area contributed by atoms with E-state index in [0.717, 1.165) is 190 Å². The molecule has 24 heterocycles. The number of nitrogens with one attached hydrogen (secondary N) is 11. The molecule has 24 aromatic rings. The third-order valence-electron chi connectivity index (χ3n) is 22.6. The van der Waals surface area contributed by atoms with Crippen LogP contribution in [0.2, 0.25) is 0 Å². The monoisotopic (exact) mass is 1800 g/mol. The van der Waals surface area contributed by atoms with E-state index < -0.39 is 5.41 Å². The smallest absolute Gasteiger partial charge is 0.229 e. The Morgan fingerprint density at radius 2 is 0.684 bits per heavy atom. The van der Waals surface area contributed by atoms with Gasteiger partial charge in [-0.15, -0.1) is 0 Å². The van der Waals surface area contributed by atoms with Gasteiger partial charge in [0.25, 0.3) is 0 Å². The Morgan fingerprint density at radius 1 is 0.368 bits per heavy atom. The number of nitrogens with zero attached hydrogens (tertiary/aromatic N) is 21. The van der Waals surface area contributed by atoms with Crippen molar-refractivity contribution >= 4 is 117 Å². The summed E-state index contributed by atoms with van der Waals surface area (Å²) in [5.74, 6) is 2.30. The molecule has 0 radical (unpaired) electrons. The van der Waals surface area contributed by atoms with Crippen LogP contribution >= 0.6 is 0 Å². The van der Waals surface area contributed by atoms with E-state index in [4.69, 9.17) is 37.6 Å². The van der Waals surface area contributed by atoms with Gasteiger partial charge in [0.2, 0.25) is 11.8 Å². The van der Waals surface area contributed by atoms with Crippen LogP contribution in [0.4, 0.5) is 17.1 Å². The van der Waals surface area contributed by atoms with Crippen molar-refractivity contribution < 1.29 is 27.3 Å². The molecule has 0 saturated carbocycles. The minimum Gasteiger partial charge on any atom is -0.472 e. The van der Waals surface area contributed by atoms with E-state index >= 15 is 0 Å². The molecular formula is C98H80N32O6. The van der Waals surface area contributed by atoms with Crippen LogP contribution in [0.25, 0.3) is 223 Å². The van der Waals surface area contributed by atoms with Crippen molar-refractivity contribution in [3.8, 4) is 135 Å². The zero-order chi connectivity index (χ0) is 92.7. The predicted octanol–water partition coefficient (Wildman–Crippen LogP) is 18.6. The first kappa shape index (κ1) is 84.2. The third kappa shape index (κ3) is 16.8. The predicted molar refractivity (Wildman–Crippen MR) is 514 cm³/mol. The average molecular weight is 1800 g/mol. The first-order valence-electron chi connectivity index (χ1n) is 43.0. The Balaban J connectivity index is 0.000000109. The van der Waals surface area contributed by atoms with Crippen LogP contribution in [0.3, 0.4) is 0 Å². The van der Waals surface area contributed by atoms with Gasteiger partial charge in [-0.3, -0.25) is 69.9 Å². The van der Waals surface area contributed by atoms with Gasteiger partial charge in [-0.1, -0.05) is 41.5 Å². The summed E-state index contributed by atoms with van der Waals surface area (Å²) in [6.07, 6.45) is 48.5. The molecule has 0 aromatic carbocycles. The molecule has 11 N–H and O–H groups in total. The van der Waals surface area contributed by atoms with Gasteiger partial charge < -0.3 is 58.5 Å². The minimum atomic E-state index is -0.512. The largest absolute Gasteiger partial charge is 0.472 e. The van der Waals surface area contributed by atoms with Gasteiger partial charge in [0.1, 0.15) is 44.8 Å². The Kier molecular flexibility index (Phi) is 22.1. The number of aromatic nitrogens is 28. The second-order valence-corrected chi connectivity index (χ2v) is 33.5. The number of carbonyl (C=O) groups is 2. The first-order chi connectivity index (χ1) is 66.4. The summed E-state index contributed by atoms with van der Waals surface area (Å²) in [6.45, 7) is 13.1. The number of carbonyl (C=O) groups excluding carboxylic acids is 2. The molecule has 0 unspecified atom stereocenters. The number of H-pyrrole nitrogens is 8. The fourth-order valence-electron chi connectivity index (χ4n) is 15.5. The van der Waals surface area contributed by atoms with E-state index in [1.807, 2.05) is 139 Å². The number of amides is 2. The average Bonchev–Trinajstić information content (AvgIpc) is 1.63. The number of furan rings is 4. The van der Waals surface area contributed by atoms with Gasteiger partial charge >= 0.3 is 0 Å². The Hall–Kier alpha value is -18.6. The third-order valence-corrected chi connectivity index (χ3v) is 22.6. The van der Waals surface area contributed by atoms with Crippen molar-refractivity contribution in [3.63, 3.8) is 0 Å². The molecule has 38 nitrogen and oxygen atoms in total. The van der Waals surface area contributed by atoms with E-state index in [1.165, 1.54) is 0 Å². The van der Waals surface area contributed by atoms with Gasteiger partial charge in [0, 0.05) is 202 Å². The fraction of sp³-hybridized carbons (Fsp3) is 0.122. The number of rotatable bonds is 19. The highest BCUT2D eigenvalue weighted by Gasteiger charge is 2.26. The molecule has 24 aromatic heterocycles. The molecule has 0 saturated heterocycles. The molecule has 136 heavy (non-hydrogen) atoms. The summed E-state index contributed by atoms with van der Waals surface area (Å²) in [4.78, 5) is 112. The van der Waals surface area contributed by atoms with Gasteiger partial charge in [-0.2, -0.15) is 20.4 Å². The lowest BCUT2D eigenvalue weighted by molar-refractivity contribution is -0.123. The lowest BCUT2D eigenvalue weighted by Crippen LogP contribution is -2.27. The fourth-order valence-corrected chi connectivity index (χ4v) is 15.5. The molecule has 24 rings (SSSR count). The zero-order valence-corrected chi connectivity index (χ0v) is 73.9. The summed E-state index contributed by atoms with van der Waals surface area (Å²) >= 11 is 0. The number of hydrogen-bond acceptors (Lipinski definition) is 28. The number of fused-ring (bicyclic) bond motifs is 8.